The van der Waals surface area contributed by atoms with Crippen molar-refractivity contribution in [3.8, 4) is 0 Å². The summed E-state index contributed by atoms with van der Waals surface area (Å²) in [5, 5.41) is 3.37. The minimum atomic E-state index is -0.0716. The van der Waals surface area contributed by atoms with Crippen LogP contribution in [0.15, 0.2) is 12.1 Å². The van der Waals surface area contributed by atoms with Crippen LogP contribution in [0.5, 0.6) is 0 Å². The number of hydrogen-bond acceptors (Lipinski definition) is 2. The van der Waals surface area contributed by atoms with E-state index in [-0.39, 0.29) is 11.9 Å². The number of hydrogen-bond donors (Lipinski definition) is 1. The first-order valence-corrected chi connectivity index (χ1v) is 6.39. The molecule has 1 rings (SSSR count). The highest BCUT2D eigenvalue weighted by atomic mass is 35.5. The molecular formula is C13H19ClN2O. The van der Waals surface area contributed by atoms with Crippen molar-refractivity contribution in [3.05, 3.63) is 28.5 Å². The van der Waals surface area contributed by atoms with E-state index in [2.05, 4.69) is 24.1 Å². The molecule has 0 fully saturated rings. The average Bonchev–Trinajstić information content (AvgIpc) is 2.27. The van der Waals surface area contributed by atoms with E-state index in [9.17, 15) is 4.79 Å². The zero-order chi connectivity index (χ0) is 12.8. The normalized spacial score (nSPS) is 12.2. The summed E-state index contributed by atoms with van der Waals surface area (Å²) in [7, 11) is 0. The minimum absolute atomic E-state index is 0.0716. The number of carbonyl (C=O) groups is 1. The Kier molecular flexibility index (Phi) is 5.42. The van der Waals surface area contributed by atoms with E-state index in [0.717, 1.165) is 25.0 Å². The predicted molar refractivity (Wildman–Crippen MR) is 70.4 cm³/mol. The summed E-state index contributed by atoms with van der Waals surface area (Å²) in [6, 6.07) is 3.59. The molecule has 0 radical (unpaired) electrons. The van der Waals surface area contributed by atoms with Crippen molar-refractivity contribution in [2.75, 3.05) is 0 Å². The quantitative estimate of drug-likeness (QED) is 0.819. The summed E-state index contributed by atoms with van der Waals surface area (Å²) in [6.07, 6.45) is 3.01. The van der Waals surface area contributed by atoms with Gasteiger partial charge in [0.25, 0.3) is 5.91 Å². The van der Waals surface area contributed by atoms with Gasteiger partial charge in [-0.3, -0.25) is 4.79 Å². The molecule has 1 aromatic rings. The average molecular weight is 255 g/mol. The van der Waals surface area contributed by atoms with Crippen molar-refractivity contribution < 1.29 is 4.79 Å². The lowest BCUT2D eigenvalue weighted by Crippen LogP contribution is -2.34. The maximum Gasteiger partial charge on any atom is 0.251 e. The first kappa shape index (κ1) is 14.0. The van der Waals surface area contributed by atoms with E-state index < -0.39 is 0 Å². The Morgan fingerprint density at radius 3 is 2.71 bits per heavy atom. The van der Waals surface area contributed by atoms with Gasteiger partial charge in [0.2, 0.25) is 0 Å². The second-order valence-electron chi connectivity index (χ2n) is 4.19. The van der Waals surface area contributed by atoms with Crippen LogP contribution < -0.4 is 5.32 Å². The number of aromatic nitrogens is 1. The summed E-state index contributed by atoms with van der Waals surface area (Å²) in [6.45, 7) is 6.01. The highest BCUT2D eigenvalue weighted by Gasteiger charge is 2.12. The smallest absolute Gasteiger partial charge is 0.251 e. The van der Waals surface area contributed by atoms with Crippen molar-refractivity contribution in [1.29, 1.82) is 0 Å². The van der Waals surface area contributed by atoms with Gasteiger partial charge >= 0.3 is 0 Å². The van der Waals surface area contributed by atoms with E-state index in [4.69, 9.17) is 11.6 Å². The molecule has 1 heterocycles. The molecule has 0 aliphatic carbocycles. The lowest BCUT2D eigenvalue weighted by Gasteiger charge is -2.16. The van der Waals surface area contributed by atoms with Crippen molar-refractivity contribution >= 4 is 17.5 Å². The zero-order valence-corrected chi connectivity index (χ0v) is 11.3. The number of nitrogens with one attached hydrogen (secondary N) is 1. The van der Waals surface area contributed by atoms with Gasteiger partial charge in [0.15, 0.2) is 0 Å². The van der Waals surface area contributed by atoms with Gasteiger partial charge in [-0.05, 0) is 31.9 Å². The second-order valence-corrected chi connectivity index (χ2v) is 4.57. The van der Waals surface area contributed by atoms with Crippen LogP contribution in [0.1, 0.15) is 49.2 Å². The Balaban J connectivity index is 2.75. The molecule has 0 aliphatic rings. The van der Waals surface area contributed by atoms with Crippen molar-refractivity contribution in [3.63, 3.8) is 0 Å². The van der Waals surface area contributed by atoms with Crippen LogP contribution in [0.25, 0.3) is 0 Å². The van der Waals surface area contributed by atoms with Gasteiger partial charge in [-0.25, -0.2) is 4.98 Å². The molecule has 0 saturated heterocycles. The molecule has 0 bridgehead atoms. The number of carbonyl (C=O) groups excluding carboxylic acids is 1. The van der Waals surface area contributed by atoms with Gasteiger partial charge in [-0.1, -0.05) is 31.9 Å². The molecule has 1 amide bonds. The van der Waals surface area contributed by atoms with Gasteiger partial charge in [0, 0.05) is 17.3 Å². The summed E-state index contributed by atoms with van der Waals surface area (Å²) in [5.74, 6) is -0.0716. The highest BCUT2D eigenvalue weighted by Crippen LogP contribution is 2.11. The SMILES string of the molecule is CCCC(CC)NC(=O)c1cc(C)nc(Cl)c1. The number of halogens is 1. The summed E-state index contributed by atoms with van der Waals surface area (Å²) in [4.78, 5) is 16.0. The van der Waals surface area contributed by atoms with Gasteiger partial charge in [0.1, 0.15) is 5.15 Å². The molecule has 1 aromatic heterocycles. The molecule has 0 aromatic carbocycles. The van der Waals surface area contributed by atoms with Crippen LogP contribution in [-0.4, -0.2) is 16.9 Å². The number of amides is 1. The van der Waals surface area contributed by atoms with Crippen LogP contribution in [-0.2, 0) is 0 Å². The molecule has 17 heavy (non-hydrogen) atoms. The van der Waals surface area contributed by atoms with E-state index in [0.29, 0.717) is 10.7 Å². The van der Waals surface area contributed by atoms with Gasteiger partial charge in [-0.15, -0.1) is 0 Å². The summed E-state index contributed by atoms with van der Waals surface area (Å²) in [5.41, 5.74) is 1.34. The molecule has 1 unspecified atom stereocenters. The summed E-state index contributed by atoms with van der Waals surface area (Å²) >= 11 is 5.83. The van der Waals surface area contributed by atoms with Crippen LogP contribution in [0, 0.1) is 6.92 Å². The van der Waals surface area contributed by atoms with Gasteiger partial charge in [-0.2, -0.15) is 0 Å². The molecule has 94 valence electrons. The topological polar surface area (TPSA) is 42.0 Å². The third-order valence-electron chi connectivity index (χ3n) is 2.65. The third-order valence-corrected chi connectivity index (χ3v) is 2.84. The number of aryl methyl sites for hydroxylation is 1. The van der Waals surface area contributed by atoms with Crippen molar-refractivity contribution in [2.24, 2.45) is 0 Å². The fourth-order valence-electron chi connectivity index (χ4n) is 1.75. The van der Waals surface area contributed by atoms with Gasteiger partial charge < -0.3 is 5.32 Å². The number of nitrogens with zero attached hydrogens (tertiary/aromatic N) is 1. The monoisotopic (exact) mass is 254 g/mol. The van der Waals surface area contributed by atoms with Crippen molar-refractivity contribution in [2.45, 2.75) is 46.1 Å². The fraction of sp³-hybridized carbons (Fsp3) is 0.538. The molecule has 0 saturated carbocycles. The Morgan fingerprint density at radius 2 is 2.18 bits per heavy atom. The van der Waals surface area contributed by atoms with E-state index in [1.807, 2.05) is 6.92 Å². The Bertz CT molecular complexity index is 373. The van der Waals surface area contributed by atoms with E-state index in [1.54, 1.807) is 12.1 Å². The first-order valence-electron chi connectivity index (χ1n) is 6.01. The fourth-order valence-corrected chi connectivity index (χ4v) is 2.01. The maximum absolute atomic E-state index is 12.0. The molecule has 0 spiro atoms. The van der Waals surface area contributed by atoms with E-state index >= 15 is 0 Å². The van der Waals surface area contributed by atoms with Crippen LogP contribution in [0.2, 0.25) is 5.15 Å². The molecule has 0 aliphatic heterocycles. The minimum Gasteiger partial charge on any atom is -0.349 e. The van der Waals surface area contributed by atoms with Crippen molar-refractivity contribution in [1.82, 2.24) is 10.3 Å². The van der Waals surface area contributed by atoms with Gasteiger partial charge in [0.05, 0.1) is 0 Å². The Hall–Kier alpha value is -1.09. The first-order chi connectivity index (χ1) is 8.06. The van der Waals surface area contributed by atoms with Crippen LogP contribution in [0.4, 0.5) is 0 Å². The molecule has 1 atom stereocenters. The Morgan fingerprint density at radius 1 is 1.47 bits per heavy atom. The maximum atomic E-state index is 12.0. The van der Waals surface area contributed by atoms with E-state index in [1.165, 1.54) is 0 Å². The van der Waals surface area contributed by atoms with Crippen LogP contribution in [0.3, 0.4) is 0 Å². The largest absolute Gasteiger partial charge is 0.349 e. The lowest BCUT2D eigenvalue weighted by molar-refractivity contribution is 0.0933. The molecule has 4 heteroatoms. The summed E-state index contributed by atoms with van der Waals surface area (Å²) < 4.78 is 0. The standard InChI is InChI=1S/C13H19ClN2O/c1-4-6-11(5-2)16-13(17)10-7-9(3)15-12(14)8-10/h7-8,11H,4-6H2,1-3H3,(H,16,17). The predicted octanol–water partition coefficient (Wildman–Crippen LogP) is 3.35. The van der Waals surface area contributed by atoms with Crippen LogP contribution >= 0.6 is 11.6 Å². The molecule has 3 nitrogen and oxygen atoms in total. The second kappa shape index (κ2) is 6.60. The molecule has 1 N–H and O–H groups in total. The number of pyridine rings is 1. The zero-order valence-electron chi connectivity index (χ0n) is 10.6. The Labute approximate surface area is 108 Å². The third kappa shape index (κ3) is 4.35. The lowest BCUT2D eigenvalue weighted by atomic mass is 10.1. The molecular weight excluding hydrogens is 236 g/mol. The number of rotatable bonds is 5. The highest BCUT2D eigenvalue weighted by molar-refractivity contribution is 6.29.